The fourth-order valence-electron chi connectivity index (χ4n) is 4.85. The number of halogens is 1. The lowest BCUT2D eigenvalue weighted by molar-refractivity contribution is -0.119. The van der Waals surface area contributed by atoms with Crippen molar-refractivity contribution in [3.63, 3.8) is 0 Å². The molecule has 2 heterocycles. The Morgan fingerprint density at radius 1 is 1.33 bits per heavy atom. The zero-order valence-electron chi connectivity index (χ0n) is 16.2. The largest absolute Gasteiger partial charge is 0.357 e. The molecule has 1 aliphatic carbocycles. The number of benzene rings is 1. The van der Waals surface area contributed by atoms with Crippen LogP contribution in [-0.2, 0) is 17.6 Å². The maximum Gasteiger partial charge on any atom is 0.220 e. The van der Waals surface area contributed by atoms with Gasteiger partial charge in [-0.15, -0.1) is 24.0 Å². The predicted molar refractivity (Wildman–Crippen MR) is 120 cm³/mol. The Bertz CT molecular complexity index is 682. The monoisotopic (exact) mass is 482 g/mol. The van der Waals surface area contributed by atoms with Crippen LogP contribution < -0.4 is 10.6 Å². The molecular formula is C21H31IN4O. The molecule has 148 valence electrons. The lowest BCUT2D eigenvalue weighted by Crippen LogP contribution is -2.51. The number of fused-ring (bicyclic) bond motifs is 1. The molecular weight excluding hydrogens is 451 g/mol. The summed E-state index contributed by atoms with van der Waals surface area (Å²) in [5, 5.41) is 6.52. The molecule has 4 rings (SSSR count). The molecule has 0 radical (unpaired) electrons. The van der Waals surface area contributed by atoms with Crippen molar-refractivity contribution < 1.29 is 4.79 Å². The summed E-state index contributed by atoms with van der Waals surface area (Å²) in [5.41, 5.74) is 3.09. The molecule has 3 aliphatic rings. The number of amides is 1. The number of hydrogen-bond acceptors (Lipinski definition) is 2. The summed E-state index contributed by atoms with van der Waals surface area (Å²) >= 11 is 0. The normalized spacial score (nSPS) is 25.3. The number of carbonyl (C=O) groups is 1. The molecule has 2 N–H and O–H groups in total. The number of carbonyl (C=O) groups excluding carboxylic acids is 1. The first-order valence-electron chi connectivity index (χ1n) is 10.0. The first-order chi connectivity index (χ1) is 12.7. The van der Waals surface area contributed by atoms with Crippen LogP contribution >= 0.6 is 24.0 Å². The average Bonchev–Trinajstić information content (AvgIpc) is 3.21. The molecule has 0 saturated carbocycles. The van der Waals surface area contributed by atoms with Crippen LogP contribution in [0.2, 0.25) is 0 Å². The number of rotatable bonds is 3. The second kappa shape index (κ2) is 8.80. The molecule has 6 heteroatoms. The maximum absolute atomic E-state index is 11.8. The van der Waals surface area contributed by atoms with Gasteiger partial charge in [0.1, 0.15) is 0 Å². The summed E-state index contributed by atoms with van der Waals surface area (Å²) in [6, 6.07) is 8.78. The van der Waals surface area contributed by atoms with Crippen LogP contribution in [0.3, 0.4) is 0 Å². The Hall–Kier alpha value is -1.31. The average molecular weight is 482 g/mol. The summed E-state index contributed by atoms with van der Waals surface area (Å²) in [4.78, 5) is 19.1. The Labute approximate surface area is 179 Å². The first-order valence-corrected chi connectivity index (χ1v) is 10.0. The van der Waals surface area contributed by atoms with Crippen LogP contribution in [-0.4, -0.2) is 49.5 Å². The molecule has 1 unspecified atom stereocenters. The standard InChI is InChI=1S/C21H30N4O.HI/c1-2-22-20(23-13-16-10-17-6-3-4-7-18(17)11-16)25-9-5-8-21(15-25)12-19(26)24-14-21;/h3-4,6-7,16H,2,5,8-15H2,1H3,(H,22,23)(H,24,26);1H. The minimum atomic E-state index is 0. The van der Waals surface area contributed by atoms with Crippen LogP contribution in [0.4, 0.5) is 0 Å². The van der Waals surface area contributed by atoms with Crippen molar-refractivity contribution in [1.82, 2.24) is 15.5 Å². The van der Waals surface area contributed by atoms with E-state index in [1.54, 1.807) is 0 Å². The molecule has 2 fully saturated rings. The third kappa shape index (κ3) is 4.58. The number of guanidine groups is 1. The molecule has 1 aromatic carbocycles. The van der Waals surface area contributed by atoms with Gasteiger partial charge in [0.05, 0.1) is 0 Å². The molecule has 0 bridgehead atoms. The Morgan fingerprint density at radius 2 is 2.07 bits per heavy atom. The van der Waals surface area contributed by atoms with Crippen LogP contribution in [0.25, 0.3) is 0 Å². The summed E-state index contributed by atoms with van der Waals surface area (Å²) in [6.07, 6.45) is 5.22. The summed E-state index contributed by atoms with van der Waals surface area (Å²) in [6.45, 7) is 6.66. The second-order valence-corrected chi connectivity index (χ2v) is 8.22. The Kier molecular flexibility index (Phi) is 6.65. The van der Waals surface area contributed by atoms with Crippen molar-refractivity contribution >= 4 is 35.8 Å². The van der Waals surface area contributed by atoms with Crippen molar-refractivity contribution in [2.24, 2.45) is 16.3 Å². The molecule has 2 saturated heterocycles. The highest BCUT2D eigenvalue weighted by atomic mass is 127. The number of hydrogen-bond donors (Lipinski definition) is 2. The molecule has 1 amide bonds. The topological polar surface area (TPSA) is 56.7 Å². The fraction of sp³-hybridized carbons (Fsp3) is 0.619. The van der Waals surface area contributed by atoms with Gasteiger partial charge in [-0.2, -0.15) is 0 Å². The van der Waals surface area contributed by atoms with Gasteiger partial charge in [0.25, 0.3) is 0 Å². The minimum absolute atomic E-state index is 0. The van der Waals surface area contributed by atoms with Gasteiger partial charge in [-0.3, -0.25) is 9.79 Å². The van der Waals surface area contributed by atoms with E-state index in [0.29, 0.717) is 12.3 Å². The van der Waals surface area contributed by atoms with Crippen LogP contribution in [0.15, 0.2) is 29.3 Å². The van der Waals surface area contributed by atoms with Gasteiger partial charge in [0, 0.05) is 44.6 Å². The van der Waals surface area contributed by atoms with Gasteiger partial charge < -0.3 is 15.5 Å². The van der Waals surface area contributed by atoms with Crippen molar-refractivity contribution in [2.75, 3.05) is 32.7 Å². The Balaban J connectivity index is 0.00000210. The first kappa shape index (κ1) is 20.4. The van der Waals surface area contributed by atoms with Crippen LogP contribution in [0.1, 0.15) is 37.3 Å². The molecule has 5 nitrogen and oxygen atoms in total. The van der Waals surface area contributed by atoms with E-state index < -0.39 is 0 Å². The minimum Gasteiger partial charge on any atom is -0.357 e. The fourth-order valence-corrected chi connectivity index (χ4v) is 4.85. The van der Waals surface area contributed by atoms with E-state index in [-0.39, 0.29) is 35.3 Å². The van der Waals surface area contributed by atoms with Gasteiger partial charge in [0.2, 0.25) is 5.91 Å². The molecule has 0 aromatic heterocycles. The molecule has 1 spiro atoms. The van der Waals surface area contributed by atoms with Gasteiger partial charge in [-0.05, 0) is 49.7 Å². The SMILES string of the molecule is CCNC(=NCC1Cc2ccccc2C1)N1CCCC2(CNC(=O)C2)C1.I. The van der Waals surface area contributed by atoms with Crippen molar-refractivity contribution in [3.8, 4) is 0 Å². The highest BCUT2D eigenvalue weighted by molar-refractivity contribution is 14.0. The van der Waals surface area contributed by atoms with Gasteiger partial charge >= 0.3 is 0 Å². The molecule has 2 aliphatic heterocycles. The quantitative estimate of drug-likeness (QED) is 0.396. The number of likely N-dealkylation sites (tertiary alicyclic amines) is 1. The predicted octanol–water partition coefficient (Wildman–Crippen LogP) is 2.59. The van der Waals surface area contributed by atoms with Crippen LogP contribution in [0, 0.1) is 11.3 Å². The lowest BCUT2D eigenvalue weighted by Gasteiger charge is -2.40. The van der Waals surface area contributed by atoms with E-state index >= 15 is 0 Å². The smallest absolute Gasteiger partial charge is 0.220 e. The zero-order valence-corrected chi connectivity index (χ0v) is 18.5. The molecule has 1 atom stereocenters. The number of nitrogens with one attached hydrogen (secondary N) is 2. The van der Waals surface area contributed by atoms with Crippen molar-refractivity contribution in [2.45, 2.75) is 39.0 Å². The number of nitrogens with zero attached hydrogens (tertiary/aromatic N) is 2. The van der Waals surface area contributed by atoms with Crippen LogP contribution in [0.5, 0.6) is 0 Å². The number of piperidine rings is 1. The van der Waals surface area contributed by atoms with Crippen molar-refractivity contribution in [3.05, 3.63) is 35.4 Å². The van der Waals surface area contributed by atoms with Gasteiger partial charge in [-0.25, -0.2) is 0 Å². The molecule has 27 heavy (non-hydrogen) atoms. The molecule has 1 aromatic rings. The van der Waals surface area contributed by atoms with E-state index in [1.165, 1.54) is 11.1 Å². The third-order valence-electron chi connectivity index (χ3n) is 6.13. The second-order valence-electron chi connectivity index (χ2n) is 8.22. The summed E-state index contributed by atoms with van der Waals surface area (Å²) in [7, 11) is 0. The maximum atomic E-state index is 11.8. The summed E-state index contributed by atoms with van der Waals surface area (Å²) in [5.74, 6) is 1.84. The van der Waals surface area contributed by atoms with E-state index in [0.717, 1.165) is 64.4 Å². The van der Waals surface area contributed by atoms with Gasteiger partial charge in [0.15, 0.2) is 5.96 Å². The Morgan fingerprint density at radius 3 is 2.70 bits per heavy atom. The van der Waals surface area contributed by atoms with Crippen molar-refractivity contribution in [1.29, 1.82) is 0 Å². The highest BCUT2D eigenvalue weighted by Gasteiger charge is 2.42. The van der Waals surface area contributed by atoms with E-state index in [2.05, 4.69) is 46.7 Å². The highest BCUT2D eigenvalue weighted by Crippen LogP contribution is 2.36. The van der Waals surface area contributed by atoms with E-state index in [9.17, 15) is 4.79 Å². The lowest BCUT2D eigenvalue weighted by atomic mass is 9.79. The van der Waals surface area contributed by atoms with E-state index in [1.807, 2.05) is 0 Å². The number of aliphatic imine (C=N–C) groups is 1. The summed E-state index contributed by atoms with van der Waals surface area (Å²) < 4.78 is 0. The third-order valence-corrected chi connectivity index (χ3v) is 6.13. The van der Waals surface area contributed by atoms with E-state index in [4.69, 9.17) is 4.99 Å². The van der Waals surface area contributed by atoms with Gasteiger partial charge in [-0.1, -0.05) is 24.3 Å². The zero-order chi connectivity index (χ0) is 18.0.